The molecule has 0 unspecified atom stereocenters. The third-order valence-electron chi connectivity index (χ3n) is 2.21. The molecule has 0 saturated carbocycles. The van der Waals surface area contributed by atoms with Gasteiger partial charge in [0, 0.05) is 6.61 Å². The number of aromatic hydroxyl groups is 1. The van der Waals surface area contributed by atoms with E-state index in [9.17, 15) is 13.5 Å². The number of rotatable bonds is 6. The van der Waals surface area contributed by atoms with Crippen molar-refractivity contribution in [3.8, 4) is 5.75 Å². The van der Waals surface area contributed by atoms with E-state index in [2.05, 4.69) is 4.72 Å². The molecule has 0 aliphatic rings. The second-order valence-corrected chi connectivity index (χ2v) is 5.43. The predicted octanol–water partition coefficient (Wildman–Crippen LogP) is 1.48. The van der Waals surface area contributed by atoms with Gasteiger partial charge in [0.2, 0.25) is 10.0 Å². The van der Waals surface area contributed by atoms with Crippen molar-refractivity contribution in [1.29, 1.82) is 0 Å². The van der Waals surface area contributed by atoms with Crippen LogP contribution >= 0.6 is 0 Å². The van der Waals surface area contributed by atoms with Gasteiger partial charge in [-0.2, -0.15) is 0 Å². The summed E-state index contributed by atoms with van der Waals surface area (Å²) in [6.07, 6.45) is 0. The molecule has 6 heteroatoms. The molecule has 0 bridgehead atoms. The molecular weight excluding hydrogens is 242 g/mol. The number of ether oxygens (including phenoxy) is 1. The first-order valence-electron chi connectivity index (χ1n) is 5.33. The summed E-state index contributed by atoms with van der Waals surface area (Å²) in [4.78, 5) is 0. The van der Waals surface area contributed by atoms with Gasteiger partial charge in [-0.05, 0) is 25.5 Å². The normalized spacial score (nSPS) is 11.4. The molecule has 0 aliphatic carbocycles. The Morgan fingerprint density at radius 2 is 2.12 bits per heavy atom. The van der Waals surface area contributed by atoms with Crippen LogP contribution in [0.4, 0.5) is 5.69 Å². The fraction of sp³-hybridized carbons (Fsp3) is 0.455. The standard InChI is InChI=1S/C11H17NO4S/c1-3-16-7-8-17(14,15)12-11-9(2)5-4-6-10(11)13/h4-6,12-13H,3,7-8H2,1-2H3. The minimum atomic E-state index is -3.49. The lowest BCUT2D eigenvalue weighted by atomic mass is 10.2. The predicted molar refractivity (Wildman–Crippen MR) is 66.7 cm³/mol. The minimum absolute atomic E-state index is 0.0787. The highest BCUT2D eigenvalue weighted by atomic mass is 32.2. The molecule has 96 valence electrons. The van der Waals surface area contributed by atoms with Crippen molar-refractivity contribution in [3.63, 3.8) is 0 Å². The van der Waals surface area contributed by atoms with Gasteiger partial charge in [-0.15, -0.1) is 0 Å². The SMILES string of the molecule is CCOCCS(=O)(=O)Nc1c(C)cccc1O. The Morgan fingerprint density at radius 3 is 2.71 bits per heavy atom. The zero-order valence-electron chi connectivity index (χ0n) is 9.93. The van der Waals surface area contributed by atoms with E-state index in [1.165, 1.54) is 6.07 Å². The number of sulfonamides is 1. The Hall–Kier alpha value is -1.27. The van der Waals surface area contributed by atoms with Crippen molar-refractivity contribution in [2.45, 2.75) is 13.8 Å². The van der Waals surface area contributed by atoms with Gasteiger partial charge in [-0.3, -0.25) is 4.72 Å². The van der Waals surface area contributed by atoms with Crippen LogP contribution in [0, 0.1) is 6.92 Å². The smallest absolute Gasteiger partial charge is 0.235 e. The maximum atomic E-state index is 11.7. The van der Waals surface area contributed by atoms with Gasteiger partial charge in [0.1, 0.15) is 5.75 Å². The molecule has 2 N–H and O–H groups in total. The summed E-state index contributed by atoms with van der Waals surface area (Å²) in [5, 5.41) is 9.57. The third-order valence-corrected chi connectivity index (χ3v) is 3.43. The maximum Gasteiger partial charge on any atom is 0.235 e. The molecular formula is C11H17NO4S. The van der Waals surface area contributed by atoms with E-state index in [0.29, 0.717) is 12.2 Å². The summed E-state index contributed by atoms with van der Waals surface area (Å²) in [6.45, 7) is 4.14. The molecule has 0 aromatic heterocycles. The van der Waals surface area contributed by atoms with E-state index in [4.69, 9.17) is 4.74 Å². The van der Waals surface area contributed by atoms with Crippen LogP contribution in [0.25, 0.3) is 0 Å². The van der Waals surface area contributed by atoms with Crippen molar-refractivity contribution in [2.24, 2.45) is 0 Å². The van der Waals surface area contributed by atoms with Gasteiger partial charge < -0.3 is 9.84 Å². The molecule has 0 radical (unpaired) electrons. The fourth-order valence-electron chi connectivity index (χ4n) is 1.30. The van der Waals surface area contributed by atoms with Crippen molar-refractivity contribution in [3.05, 3.63) is 23.8 Å². The number of benzene rings is 1. The molecule has 1 aromatic carbocycles. The third kappa shape index (κ3) is 4.24. The number of anilines is 1. The maximum absolute atomic E-state index is 11.7. The number of phenolic OH excluding ortho intramolecular Hbond substituents is 1. The molecule has 0 spiro atoms. The van der Waals surface area contributed by atoms with Gasteiger partial charge in [-0.1, -0.05) is 12.1 Å². The Morgan fingerprint density at radius 1 is 1.41 bits per heavy atom. The highest BCUT2D eigenvalue weighted by Crippen LogP contribution is 2.27. The van der Waals surface area contributed by atoms with Crippen molar-refractivity contribution in [2.75, 3.05) is 23.7 Å². The van der Waals surface area contributed by atoms with Crippen molar-refractivity contribution >= 4 is 15.7 Å². The van der Waals surface area contributed by atoms with Gasteiger partial charge in [0.15, 0.2) is 0 Å². The molecule has 1 rings (SSSR count). The van der Waals surface area contributed by atoms with Gasteiger partial charge in [0.25, 0.3) is 0 Å². The number of aryl methyl sites for hydroxylation is 1. The van der Waals surface area contributed by atoms with Crippen LogP contribution in [0.5, 0.6) is 5.75 Å². The Kier molecular flexibility index (Phi) is 4.77. The second-order valence-electron chi connectivity index (χ2n) is 3.59. The lowest BCUT2D eigenvalue weighted by Gasteiger charge is -2.11. The zero-order chi connectivity index (χ0) is 12.9. The summed E-state index contributed by atoms with van der Waals surface area (Å²) in [5.41, 5.74) is 0.897. The highest BCUT2D eigenvalue weighted by molar-refractivity contribution is 7.92. The van der Waals surface area contributed by atoms with Crippen LogP contribution in [0.1, 0.15) is 12.5 Å². The van der Waals surface area contributed by atoms with Gasteiger partial charge in [0.05, 0.1) is 18.0 Å². The van der Waals surface area contributed by atoms with Crippen LogP contribution in [0.2, 0.25) is 0 Å². The van der Waals surface area contributed by atoms with Crippen LogP contribution in [-0.2, 0) is 14.8 Å². The summed E-state index contributed by atoms with van der Waals surface area (Å²) >= 11 is 0. The van der Waals surface area contributed by atoms with E-state index >= 15 is 0 Å². The Bertz CT molecular complexity index is 450. The van der Waals surface area contributed by atoms with Gasteiger partial charge >= 0.3 is 0 Å². The Balaban J connectivity index is 2.76. The van der Waals surface area contributed by atoms with Gasteiger partial charge in [-0.25, -0.2) is 8.42 Å². The molecule has 0 atom stereocenters. The topological polar surface area (TPSA) is 75.6 Å². The molecule has 0 amide bonds. The van der Waals surface area contributed by atoms with E-state index in [1.807, 2.05) is 0 Å². The Labute approximate surface area is 101 Å². The lowest BCUT2D eigenvalue weighted by molar-refractivity contribution is 0.163. The van der Waals surface area contributed by atoms with Crippen LogP contribution < -0.4 is 4.72 Å². The molecule has 1 aromatic rings. The molecule has 0 fully saturated rings. The van der Waals surface area contributed by atoms with Crippen LogP contribution in [0.3, 0.4) is 0 Å². The first-order chi connectivity index (χ1) is 7.96. The van der Waals surface area contributed by atoms with E-state index in [1.54, 1.807) is 26.0 Å². The quantitative estimate of drug-likeness (QED) is 0.599. The number of hydrogen-bond acceptors (Lipinski definition) is 4. The second kappa shape index (κ2) is 5.88. The number of phenols is 1. The monoisotopic (exact) mass is 259 g/mol. The summed E-state index contributed by atoms with van der Waals surface area (Å²) < 4.78 is 30.7. The lowest BCUT2D eigenvalue weighted by Crippen LogP contribution is -2.20. The first kappa shape index (κ1) is 13.8. The van der Waals surface area contributed by atoms with Crippen LogP contribution in [0.15, 0.2) is 18.2 Å². The largest absolute Gasteiger partial charge is 0.506 e. The molecule has 0 heterocycles. The summed E-state index contributed by atoms with van der Waals surface area (Å²) in [6, 6.07) is 4.82. The fourth-order valence-corrected chi connectivity index (χ4v) is 2.32. The zero-order valence-corrected chi connectivity index (χ0v) is 10.8. The number of nitrogens with one attached hydrogen (secondary N) is 1. The minimum Gasteiger partial charge on any atom is -0.506 e. The van der Waals surface area contributed by atoms with E-state index in [0.717, 1.165) is 0 Å². The number of para-hydroxylation sites is 1. The average Bonchev–Trinajstić information content (AvgIpc) is 2.24. The van der Waals surface area contributed by atoms with Crippen LogP contribution in [-0.4, -0.2) is 32.5 Å². The van der Waals surface area contributed by atoms with Crippen molar-refractivity contribution in [1.82, 2.24) is 0 Å². The number of hydrogen-bond donors (Lipinski definition) is 2. The summed E-state index contributed by atoms with van der Waals surface area (Å²) in [5.74, 6) is -0.209. The van der Waals surface area contributed by atoms with E-state index < -0.39 is 10.0 Å². The van der Waals surface area contributed by atoms with E-state index in [-0.39, 0.29) is 23.8 Å². The van der Waals surface area contributed by atoms with Crippen molar-refractivity contribution < 1.29 is 18.3 Å². The summed E-state index contributed by atoms with van der Waals surface area (Å²) in [7, 11) is -3.49. The molecule has 0 aliphatic heterocycles. The molecule has 17 heavy (non-hydrogen) atoms. The average molecular weight is 259 g/mol. The molecule has 0 saturated heterocycles. The highest BCUT2D eigenvalue weighted by Gasteiger charge is 2.14. The first-order valence-corrected chi connectivity index (χ1v) is 6.98. The molecule has 5 nitrogen and oxygen atoms in total.